The summed E-state index contributed by atoms with van der Waals surface area (Å²) < 4.78 is 0. The number of hydrogen-bond donors (Lipinski definition) is 1. The maximum atomic E-state index is 11.6. The van der Waals surface area contributed by atoms with Crippen molar-refractivity contribution in [3.63, 3.8) is 0 Å². The number of hydrogen-bond acceptors (Lipinski definition) is 2. The van der Waals surface area contributed by atoms with E-state index >= 15 is 0 Å². The molecule has 0 radical (unpaired) electrons. The fraction of sp³-hybridized carbons (Fsp3) is 0.900. The van der Waals surface area contributed by atoms with Gasteiger partial charge in [-0.15, -0.1) is 11.8 Å². The second-order valence-electron chi connectivity index (χ2n) is 3.59. The van der Waals surface area contributed by atoms with Crippen molar-refractivity contribution in [2.75, 3.05) is 12.3 Å². The molecule has 0 aromatic carbocycles. The molecule has 1 aliphatic heterocycles. The van der Waals surface area contributed by atoms with Crippen molar-refractivity contribution in [1.29, 1.82) is 0 Å². The van der Waals surface area contributed by atoms with Crippen LogP contribution >= 0.6 is 27.7 Å². The van der Waals surface area contributed by atoms with Gasteiger partial charge in [0, 0.05) is 11.4 Å². The van der Waals surface area contributed by atoms with Crippen molar-refractivity contribution in [1.82, 2.24) is 5.32 Å². The Balaban J connectivity index is 2.08. The van der Waals surface area contributed by atoms with E-state index in [1.54, 1.807) is 11.8 Å². The first-order chi connectivity index (χ1) is 6.74. The summed E-state index contributed by atoms with van der Waals surface area (Å²) in [5, 5.41) is 3.23. The van der Waals surface area contributed by atoms with Gasteiger partial charge in [0.25, 0.3) is 0 Å². The van der Waals surface area contributed by atoms with Crippen LogP contribution in [0.2, 0.25) is 0 Å². The summed E-state index contributed by atoms with van der Waals surface area (Å²) in [6, 6.07) is 0. The summed E-state index contributed by atoms with van der Waals surface area (Å²) >= 11 is 5.35. The normalized spacial score (nSPS) is 23.4. The summed E-state index contributed by atoms with van der Waals surface area (Å²) in [5.74, 6) is 1.39. The molecular formula is C10H18BrNOS. The number of halogens is 1. The highest BCUT2D eigenvalue weighted by molar-refractivity contribution is 9.09. The third kappa shape index (κ3) is 4.22. The van der Waals surface area contributed by atoms with Gasteiger partial charge in [-0.3, -0.25) is 4.79 Å². The molecular weight excluding hydrogens is 262 g/mol. The molecule has 0 aliphatic carbocycles. The maximum Gasteiger partial charge on any atom is 0.233 e. The van der Waals surface area contributed by atoms with E-state index in [-0.39, 0.29) is 11.2 Å². The third-order valence-corrected chi connectivity index (χ3v) is 4.90. The Morgan fingerprint density at radius 3 is 3.07 bits per heavy atom. The topological polar surface area (TPSA) is 29.1 Å². The quantitative estimate of drug-likeness (QED) is 0.784. The van der Waals surface area contributed by atoms with Crippen LogP contribution in [-0.2, 0) is 4.79 Å². The van der Waals surface area contributed by atoms with E-state index < -0.39 is 0 Å². The molecule has 4 heteroatoms. The minimum atomic E-state index is 0.227. The molecule has 0 spiro atoms. The SMILES string of the molecule is CCC(Br)CCNC(=O)C1CCCS1. The number of carbonyl (C=O) groups excluding carboxylic acids is 1. The lowest BCUT2D eigenvalue weighted by molar-refractivity contribution is -0.120. The number of carbonyl (C=O) groups is 1. The van der Waals surface area contributed by atoms with Crippen LogP contribution in [0, 0.1) is 0 Å². The van der Waals surface area contributed by atoms with Crippen molar-refractivity contribution in [2.24, 2.45) is 0 Å². The van der Waals surface area contributed by atoms with E-state index in [4.69, 9.17) is 0 Å². The van der Waals surface area contributed by atoms with E-state index in [1.807, 2.05) is 0 Å². The zero-order chi connectivity index (χ0) is 10.4. The molecule has 1 aliphatic rings. The average Bonchev–Trinajstić information content (AvgIpc) is 2.70. The van der Waals surface area contributed by atoms with Crippen LogP contribution in [0.15, 0.2) is 0 Å². The molecule has 14 heavy (non-hydrogen) atoms. The van der Waals surface area contributed by atoms with Crippen molar-refractivity contribution < 1.29 is 4.79 Å². The monoisotopic (exact) mass is 279 g/mol. The first-order valence-electron chi connectivity index (χ1n) is 5.27. The van der Waals surface area contributed by atoms with Crippen LogP contribution in [0.1, 0.15) is 32.6 Å². The van der Waals surface area contributed by atoms with Crippen LogP contribution in [-0.4, -0.2) is 28.3 Å². The highest BCUT2D eigenvalue weighted by Gasteiger charge is 2.22. The fourth-order valence-electron chi connectivity index (χ4n) is 1.45. The van der Waals surface area contributed by atoms with Gasteiger partial charge in [-0.25, -0.2) is 0 Å². The van der Waals surface area contributed by atoms with Gasteiger partial charge < -0.3 is 5.32 Å². The Hall–Kier alpha value is 0.300. The zero-order valence-corrected chi connectivity index (χ0v) is 11.0. The smallest absolute Gasteiger partial charge is 0.233 e. The van der Waals surface area contributed by atoms with Crippen LogP contribution in [0.5, 0.6) is 0 Å². The van der Waals surface area contributed by atoms with Gasteiger partial charge in [-0.1, -0.05) is 22.9 Å². The van der Waals surface area contributed by atoms with Gasteiger partial charge in [-0.2, -0.15) is 0 Å². The lowest BCUT2D eigenvalue weighted by Crippen LogP contribution is -2.32. The second kappa shape index (κ2) is 6.72. The van der Waals surface area contributed by atoms with E-state index in [0.29, 0.717) is 4.83 Å². The van der Waals surface area contributed by atoms with E-state index in [2.05, 4.69) is 28.2 Å². The van der Waals surface area contributed by atoms with E-state index in [1.165, 1.54) is 6.42 Å². The summed E-state index contributed by atoms with van der Waals surface area (Å²) in [6.07, 6.45) is 4.40. The summed E-state index contributed by atoms with van der Waals surface area (Å²) in [6.45, 7) is 2.95. The molecule has 0 bridgehead atoms. The van der Waals surface area contributed by atoms with Gasteiger partial charge in [0.2, 0.25) is 5.91 Å². The number of amides is 1. The largest absolute Gasteiger partial charge is 0.355 e. The molecule has 2 unspecified atom stereocenters. The number of alkyl halides is 1. The average molecular weight is 280 g/mol. The second-order valence-corrected chi connectivity index (χ2v) is 6.19. The summed E-state index contributed by atoms with van der Waals surface area (Å²) in [5.41, 5.74) is 0. The molecule has 1 N–H and O–H groups in total. The molecule has 2 atom stereocenters. The third-order valence-electron chi connectivity index (χ3n) is 2.42. The zero-order valence-electron chi connectivity index (χ0n) is 8.59. The number of thioether (sulfide) groups is 1. The predicted octanol–water partition coefficient (Wildman–Crippen LogP) is 2.56. The predicted molar refractivity (Wildman–Crippen MR) is 66.1 cm³/mol. The molecule has 0 saturated carbocycles. The van der Waals surface area contributed by atoms with Gasteiger partial charge >= 0.3 is 0 Å². The molecule has 1 amide bonds. The number of nitrogens with one attached hydrogen (secondary N) is 1. The van der Waals surface area contributed by atoms with Gasteiger partial charge in [-0.05, 0) is 31.4 Å². The lowest BCUT2D eigenvalue weighted by atomic mass is 10.2. The highest BCUT2D eigenvalue weighted by atomic mass is 79.9. The van der Waals surface area contributed by atoms with Crippen molar-refractivity contribution in [3.8, 4) is 0 Å². The van der Waals surface area contributed by atoms with Crippen molar-refractivity contribution in [2.45, 2.75) is 42.7 Å². The van der Waals surface area contributed by atoms with Crippen molar-refractivity contribution >= 4 is 33.6 Å². The lowest BCUT2D eigenvalue weighted by Gasteiger charge is -2.11. The fourth-order valence-corrected chi connectivity index (χ4v) is 2.87. The van der Waals surface area contributed by atoms with Crippen molar-refractivity contribution in [3.05, 3.63) is 0 Å². The Kier molecular flexibility index (Phi) is 5.94. The number of rotatable bonds is 5. The summed E-state index contributed by atoms with van der Waals surface area (Å²) in [4.78, 5) is 12.1. The first-order valence-corrected chi connectivity index (χ1v) is 7.24. The molecule has 1 fully saturated rings. The Bertz CT molecular complexity index is 183. The summed E-state index contributed by atoms with van der Waals surface area (Å²) in [7, 11) is 0. The Labute approximate surface area is 98.7 Å². The standard InChI is InChI=1S/C10H18BrNOS/c1-2-8(11)5-6-12-10(13)9-4-3-7-14-9/h8-9H,2-7H2,1H3,(H,12,13). The molecule has 0 aromatic heterocycles. The Morgan fingerprint density at radius 2 is 2.50 bits per heavy atom. The minimum Gasteiger partial charge on any atom is -0.355 e. The van der Waals surface area contributed by atoms with Crippen LogP contribution in [0.3, 0.4) is 0 Å². The molecule has 1 saturated heterocycles. The van der Waals surface area contributed by atoms with E-state index in [9.17, 15) is 4.79 Å². The Morgan fingerprint density at radius 1 is 1.71 bits per heavy atom. The van der Waals surface area contributed by atoms with Gasteiger partial charge in [0.05, 0.1) is 5.25 Å². The van der Waals surface area contributed by atoms with Crippen LogP contribution in [0.25, 0.3) is 0 Å². The minimum absolute atomic E-state index is 0.227. The molecule has 82 valence electrons. The maximum absolute atomic E-state index is 11.6. The molecule has 0 aromatic rings. The van der Waals surface area contributed by atoms with E-state index in [0.717, 1.165) is 31.6 Å². The van der Waals surface area contributed by atoms with Crippen LogP contribution in [0.4, 0.5) is 0 Å². The highest BCUT2D eigenvalue weighted by Crippen LogP contribution is 2.25. The first kappa shape index (κ1) is 12.4. The van der Waals surface area contributed by atoms with Crippen LogP contribution < -0.4 is 5.32 Å². The molecule has 2 nitrogen and oxygen atoms in total. The van der Waals surface area contributed by atoms with Gasteiger partial charge in [0.15, 0.2) is 0 Å². The molecule has 1 rings (SSSR count). The molecule has 1 heterocycles. The van der Waals surface area contributed by atoms with Gasteiger partial charge in [0.1, 0.15) is 0 Å².